The van der Waals surface area contributed by atoms with Gasteiger partial charge in [-0.05, 0) is 62.7 Å². The molecule has 0 amide bonds. The van der Waals surface area contributed by atoms with Crippen molar-refractivity contribution in [2.24, 2.45) is 0 Å². The van der Waals surface area contributed by atoms with E-state index in [0.29, 0.717) is 22.0 Å². The van der Waals surface area contributed by atoms with Crippen LogP contribution in [0.25, 0.3) is 5.69 Å². The van der Waals surface area contributed by atoms with Gasteiger partial charge in [0.25, 0.3) is 0 Å². The van der Waals surface area contributed by atoms with Crippen LogP contribution >= 0.6 is 0 Å². The molecule has 1 saturated heterocycles. The van der Waals surface area contributed by atoms with Gasteiger partial charge in [-0.15, -0.1) is 4.79 Å². The molecule has 0 bridgehead atoms. The zero-order chi connectivity index (χ0) is 22.4. The summed E-state index contributed by atoms with van der Waals surface area (Å²) in [6.07, 6.45) is 0. The molecule has 1 aromatic carbocycles. The fourth-order valence-electron chi connectivity index (χ4n) is 3.23. The second kappa shape index (κ2) is 7.50. The molecule has 162 valence electrons. The van der Waals surface area contributed by atoms with Crippen LogP contribution < -0.4 is 21.9 Å². The first kappa shape index (κ1) is 21.1. The van der Waals surface area contributed by atoms with Crippen molar-refractivity contribution in [3.05, 3.63) is 58.0 Å². The molecule has 3 heterocycles. The molecule has 3 aromatic rings. The van der Waals surface area contributed by atoms with Gasteiger partial charge in [-0.2, -0.15) is 4.68 Å². The van der Waals surface area contributed by atoms with Crippen LogP contribution in [0.15, 0.2) is 41.2 Å². The molecular formula is C20H25BN6O4. The van der Waals surface area contributed by atoms with E-state index in [4.69, 9.17) is 19.9 Å². The monoisotopic (exact) mass is 424 g/mol. The molecule has 0 spiro atoms. The minimum absolute atomic E-state index is 0.172. The summed E-state index contributed by atoms with van der Waals surface area (Å²) in [5, 5.41) is 7.40. The van der Waals surface area contributed by atoms with Crippen molar-refractivity contribution in [1.82, 2.24) is 24.9 Å². The molecule has 0 saturated carbocycles. The van der Waals surface area contributed by atoms with E-state index >= 15 is 0 Å². The fourth-order valence-corrected chi connectivity index (χ4v) is 3.23. The quantitative estimate of drug-likeness (QED) is 0.470. The predicted octanol–water partition coefficient (Wildman–Crippen LogP) is 0.724. The third kappa shape index (κ3) is 3.82. The number of ether oxygens (including phenoxy) is 1. The molecule has 4 rings (SSSR count). The first-order chi connectivity index (χ1) is 14.6. The van der Waals surface area contributed by atoms with Gasteiger partial charge in [-0.3, -0.25) is 0 Å². The molecule has 11 heteroatoms. The molecule has 2 N–H and O–H groups in total. The van der Waals surface area contributed by atoms with Gasteiger partial charge in [0.15, 0.2) is 0 Å². The van der Waals surface area contributed by atoms with E-state index < -0.39 is 24.0 Å². The van der Waals surface area contributed by atoms with Crippen molar-refractivity contribution in [2.75, 3.05) is 5.84 Å². The number of pyridine rings is 1. The maximum atomic E-state index is 12.2. The summed E-state index contributed by atoms with van der Waals surface area (Å²) in [5.74, 6) is 5.90. The van der Waals surface area contributed by atoms with E-state index in [9.17, 15) is 4.79 Å². The van der Waals surface area contributed by atoms with Gasteiger partial charge in [0, 0.05) is 11.6 Å². The Morgan fingerprint density at radius 3 is 2.39 bits per heavy atom. The van der Waals surface area contributed by atoms with E-state index in [-0.39, 0.29) is 6.61 Å². The van der Waals surface area contributed by atoms with E-state index in [0.717, 1.165) is 15.8 Å². The van der Waals surface area contributed by atoms with Gasteiger partial charge in [-0.25, -0.2) is 9.78 Å². The van der Waals surface area contributed by atoms with Gasteiger partial charge in [-0.1, -0.05) is 18.2 Å². The minimum Gasteiger partial charge on any atom is -0.473 e. The molecule has 0 radical (unpaired) electrons. The standard InChI is InChI=1S/C20H25BN6O4/c1-13-8-6-9-15(26-18(28)27(22)25-24-26)14(13)12-29-17-11-7-10-16(23-17)21-30-19(2,3)20(4,5)31-21/h6-11H,12,22H2,1-5H3. The highest BCUT2D eigenvalue weighted by molar-refractivity contribution is 6.61. The van der Waals surface area contributed by atoms with E-state index in [1.807, 2.05) is 58.9 Å². The number of nitrogen functional groups attached to an aromatic ring is 1. The lowest BCUT2D eigenvalue weighted by molar-refractivity contribution is 0.00578. The normalized spacial score (nSPS) is 17.1. The molecule has 1 aliphatic heterocycles. The lowest BCUT2D eigenvalue weighted by atomic mass is 9.84. The molecule has 0 aliphatic carbocycles. The van der Waals surface area contributed by atoms with Crippen LogP contribution in [0.5, 0.6) is 5.88 Å². The van der Waals surface area contributed by atoms with Crippen LogP contribution in [-0.2, 0) is 15.9 Å². The number of aromatic nitrogens is 5. The SMILES string of the molecule is Cc1cccc(-n2nnn(N)c2=O)c1COc1cccc(B2OC(C)(C)C(C)(C)O2)n1. The Hall–Kier alpha value is -3.18. The van der Waals surface area contributed by atoms with E-state index in [1.165, 1.54) is 0 Å². The van der Waals surface area contributed by atoms with Crippen molar-refractivity contribution in [3.63, 3.8) is 0 Å². The Morgan fingerprint density at radius 2 is 1.74 bits per heavy atom. The van der Waals surface area contributed by atoms with Crippen LogP contribution in [0, 0.1) is 6.92 Å². The van der Waals surface area contributed by atoms with Crippen molar-refractivity contribution in [2.45, 2.75) is 52.4 Å². The van der Waals surface area contributed by atoms with Gasteiger partial charge in [0.1, 0.15) is 6.61 Å². The Morgan fingerprint density at radius 1 is 1.06 bits per heavy atom. The molecule has 10 nitrogen and oxygen atoms in total. The van der Waals surface area contributed by atoms with Crippen LogP contribution in [-0.4, -0.2) is 43.2 Å². The van der Waals surface area contributed by atoms with Crippen molar-refractivity contribution < 1.29 is 14.0 Å². The summed E-state index contributed by atoms with van der Waals surface area (Å²) in [5.41, 5.74) is 1.41. The topological polar surface area (TPSA) is 119 Å². The zero-order valence-electron chi connectivity index (χ0n) is 18.2. The Kier molecular flexibility index (Phi) is 5.10. The van der Waals surface area contributed by atoms with Crippen LogP contribution in [0.4, 0.5) is 0 Å². The lowest BCUT2D eigenvalue weighted by Gasteiger charge is -2.32. The van der Waals surface area contributed by atoms with Crippen LogP contribution in [0.2, 0.25) is 0 Å². The number of nitrogens with zero attached hydrogens (tertiary/aromatic N) is 5. The second-order valence-corrected chi connectivity index (χ2v) is 8.47. The smallest absolute Gasteiger partial charge is 0.473 e. The molecule has 31 heavy (non-hydrogen) atoms. The third-order valence-electron chi connectivity index (χ3n) is 5.82. The largest absolute Gasteiger partial charge is 0.514 e. The summed E-state index contributed by atoms with van der Waals surface area (Å²) >= 11 is 0. The fraction of sp³-hybridized carbons (Fsp3) is 0.400. The Bertz CT molecular complexity index is 1160. The van der Waals surface area contributed by atoms with Crippen molar-refractivity contribution in [1.29, 1.82) is 0 Å². The van der Waals surface area contributed by atoms with Gasteiger partial charge >= 0.3 is 12.8 Å². The van der Waals surface area contributed by atoms with Crippen molar-refractivity contribution >= 4 is 12.7 Å². The number of hydrogen-bond acceptors (Lipinski definition) is 8. The highest BCUT2D eigenvalue weighted by Gasteiger charge is 2.52. The zero-order valence-corrected chi connectivity index (χ0v) is 18.2. The number of benzene rings is 1. The number of hydrogen-bond donors (Lipinski definition) is 1. The molecule has 1 aliphatic rings. The summed E-state index contributed by atoms with van der Waals surface area (Å²) in [4.78, 5) is 17.4. The summed E-state index contributed by atoms with van der Waals surface area (Å²) < 4.78 is 19.2. The number of nitrogens with two attached hydrogens (primary N) is 1. The van der Waals surface area contributed by atoms with E-state index in [2.05, 4.69) is 15.4 Å². The van der Waals surface area contributed by atoms with Gasteiger partial charge < -0.3 is 19.9 Å². The maximum Gasteiger partial charge on any atom is 0.514 e. The molecular weight excluding hydrogens is 399 g/mol. The van der Waals surface area contributed by atoms with Crippen molar-refractivity contribution in [3.8, 4) is 11.6 Å². The Labute approximate surface area is 180 Å². The Balaban J connectivity index is 1.57. The highest BCUT2D eigenvalue weighted by Crippen LogP contribution is 2.36. The first-order valence-electron chi connectivity index (χ1n) is 9.93. The number of rotatable bonds is 5. The summed E-state index contributed by atoms with van der Waals surface area (Å²) in [6, 6.07) is 11.0. The predicted molar refractivity (Wildman–Crippen MR) is 115 cm³/mol. The molecule has 0 atom stereocenters. The lowest BCUT2D eigenvalue weighted by Crippen LogP contribution is -2.41. The minimum atomic E-state index is -0.583. The maximum absolute atomic E-state index is 12.2. The molecule has 0 unspecified atom stereocenters. The average Bonchev–Trinajstić information content (AvgIpc) is 3.15. The van der Waals surface area contributed by atoms with E-state index in [1.54, 1.807) is 12.1 Å². The van der Waals surface area contributed by atoms with Crippen LogP contribution in [0.1, 0.15) is 38.8 Å². The number of aryl methyl sites for hydroxylation is 1. The summed E-state index contributed by atoms with van der Waals surface area (Å²) in [6.45, 7) is 10.1. The van der Waals surface area contributed by atoms with Gasteiger partial charge in [0.05, 0.1) is 22.5 Å². The number of tetrazole rings is 1. The molecule has 2 aromatic heterocycles. The third-order valence-corrected chi connectivity index (χ3v) is 5.82. The first-order valence-corrected chi connectivity index (χ1v) is 9.93. The van der Waals surface area contributed by atoms with Gasteiger partial charge in [0.2, 0.25) is 5.88 Å². The van der Waals surface area contributed by atoms with Crippen LogP contribution in [0.3, 0.4) is 0 Å². The second-order valence-electron chi connectivity index (χ2n) is 8.47. The summed E-state index contributed by atoms with van der Waals surface area (Å²) in [7, 11) is -0.583. The highest BCUT2D eigenvalue weighted by atomic mass is 16.7. The average molecular weight is 424 g/mol. The molecule has 1 fully saturated rings.